The van der Waals surface area contributed by atoms with Crippen LogP contribution in [0.15, 0.2) is 29.6 Å². The molecule has 1 aromatic heterocycles. The van der Waals surface area contributed by atoms with Crippen LogP contribution in [0.1, 0.15) is 18.5 Å². The third-order valence-electron chi connectivity index (χ3n) is 3.74. The number of aliphatic hydroxyl groups excluding tert-OH is 1. The van der Waals surface area contributed by atoms with Crippen molar-refractivity contribution >= 4 is 11.3 Å². The van der Waals surface area contributed by atoms with Crippen LogP contribution in [0.5, 0.6) is 0 Å². The van der Waals surface area contributed by atoms with E-state index in [0.717, 1.165) is 35.7 Å². The summed E-state index contributed by atoms with van der Waals surface area (Å²) in [5, 5.41) is 15.5. The van der Waals surface area contributed by atoms with E-state index in [1.54, 1.807) is 23.5 Å². The third-order valence-corrected chi connectivity index (χ3v) is 4.68. The van der Waals surface area contributed by atoms with Gasteiger partial charge in [-0.25, -0.2) is 9.37 Å². The Balaban J connectivity index is 1.58. The van der Waals surface area contributed by atoms with E-state index >= 15 is 0 Å². The highest BCUT2D eigenvalue weighted by Gasteiger charge is 2.41. The molecule has 0 amide bonds. The molecule has 1 aliphatic carbocycles. The van der Waals surface area contributed by atoms with Crippen molar-refractivity contribution in [3.05, 3.63) is 41.2 Å². The Labute approximate surface area is 121 Å². The average Bonchev–Trinajstić information content (AvgIpc) is 3.09. The van der Waals surface area contributed by atoms with E-state index in [-0.39, 0.29) is 17.8 Å². The molecule has 2 aromatic rings. The largest absolute Gasteiger partial charge is 0.396 e. The summed E-state index contributed by atoms with van der Waals surface area (Å²) in [6.45, 7) is 1.81. The second-order valence-corrected chi connectivity index (χ2v) is 6.27. The van der Waals surface area contributed by atoms with Crippen molar-refractivity contribution in [1.82, 2.24) is 10.3 Å². The van der Waals surface area contributed by atoms with E-state index in [1.165, 1.54) is 12.1 Å². The fourth-order valence-electron chi connectivity index (χ4n) is 2.14. The van der Waals surface area contributed by atoms with Crippen molar-refractivity contribution in [1.29, 1.82) is 0 Å². The number of benzene rings is 1. The van der Waals surface area contributed by atoms with Crippen LogP contribution in [0.3, 0.4) is 0 Å². The first-order valence-electron chi connectivity index (χ1n) is 6.73. The summed E-state index contributed by atoms with van der Waals surface area (Å²) in [5.74, 6) is -0.231. The first kappa shape index (κ1) is 13.7. The summed E-state index contributed by atoms with van der Waals surface area (Å²) < 4.78 is 12.9. The highest BCUT2D eigenvalue weighted by atomic mass is 32.1. The van der Waals surface area contributed by atoms with E-state index in [0.29, 0.717) is 6.54 Å². The van der Waals surface area contributed by atoms with Gasteiger partial charge in [0.1, 0.15) is 10.8 Å². The molecule has 1 aromatic carbocycles. The lowest BCUT2D eigenvalue weighted by molar-refractivity contribution is 0.207. The van der Waals surface area contributed by atoms with Crippen LogP contribution in [0, 0.1) is 11.2 Å². The van der Waals surface area contributed by atoms with Crippen LogP contribution in [-0.4, -0.2) is 23.2 Å². The van der Waals surface area contributed by atoms with Crippen LogP contribution >= 0.6 is 11.3 Å². The van der Waals surface area contributed by atoms with Crippen LogP contribution in [0.4, 0.5) is 4.39 Å². The molecule has 0 bridgehead atoms. The maximum Gasteiger partial charge on any atom is 0.123 e. The molecule has 1 saturated carbocycles. The summed E-state index contributed by atoms with van der Waals surface area (Å²) in [6, 6.07) is 6.40. The van der Waals surface area contributed by atoms with Gasteiger partial charge in [-0.15, -0.1) is 11.3 Å². The molecule has 20 heavy (non-hydrogen) atoms. The van der Waals surface area contributed by atoms with Crippen molar-refractivity contribution in [2.75, 3.05) is 13.2 Å². The molecule has 1 aliphatic rings. The average molecular weight is 292 g/mol. The van der Waals surface area contributed by atoms with Gasteiger partial charge >= 0.3 is 0 Å². The van der Waals surface area contributed by atoms with Crippen molar-refractivity contribution in [3.63, 3.8) is 0 Å². The van der Waals surface area contributed by atoms with Crippen molar-refractivity contribution in [2.45, 2.75) is 19.4 Å². The van der Waals surface area contributed by atoms with Crippen molar-refractivity contribution < 1.29 is 9.50 Å². The van der Waals surface area contributed by atoms with Gasteiger partial charge in [-0.05, 0) is 37.1 Å². The molecule has 0 saturated heterocycles. The predicted molar refractivity (Wildman–Crippen MR) is 78.0 cm³/mol. The molecule has 106 valence electrons. The molecule has 0 atom stereocenters. The number of aromatic nitrogens is 1. The normalized spacial score (nSPS) is 16.3. The van der Waals surface area contributed by atoms with Gasteiger partial charge in [0.05, 0.1) is 5.69 Å². The minimum atomic E-state index is -0.231. The fourth-order valence-corrected chi connectivity index (χ4v) is 2.96. The van der Waals surface area contributed by atoms with Crippen LogP contribution in [-0.2, 0) is 6.54 Å². The Kier molecular flexibility index (Phi) is 3.83. The third kappa shape index (κ3) is 3.06. The highest BCUT2D eigenvalue weighted by Crippen LogP contribution is 2.44. The van der Waals surface area contributed by atoms with Gasteiger partial charge in [-0.3, -0.25) is 0 Å². The van der Waals surface area contributed by atoms with Crippen molar-refractivity contribution in [2.24, 2.45) is 5.41 Å². The summed E-state index contributed by atoms with van der Waals surface area (Å²) in [7, 11) is 0. The van der Waals surface area contributed by atoms with Gasteiger partial charge in [0.25, 0.3) is 0 Å². The molecular weight excluding hydrogens is 275 g/mol. The Morgan fingerprint density at radius 3 is 2.70 bits per heavy atom. The van der Waals surface area contributed by atoms with Crippen LogP contribution in [0.2, 0.25) is 0 Å². The summed E-state index contributed by atoms with van der Waals surface area (Å²) >= 11 is 1.56. The quantitative estimate of drug-likeness (QED) is 0.860. The lowest BCUT2D eigenvalue weighted by Gasteiger charge is -2.11. The van der Waals surface area contributed by atoms with Gasteiger partial charge in [-0.1, -0.05) is 0 Å². The van der Waals surface area contributed by atoms with E-state index in [1.807, 2.05) is 5.38 Å². The summed E-state index contributed by atoms with van der Waals surface area (Å²) in [4.78, 5) is 4.55. The molecule has 3 rings (SSSR count). The van der Waals surface area contributed by atoms with Crippen molar-refractivity contribution in [3.8, 4) is 10.6 Å². The number of thiazole rings is 1. The van der Waals surface area contributed by atoms with Gasteiger partial charge in [0.2, 0.25) is 0 Å². The number of aliphatic hydroxyl groups is 1. The number of halogens is 1. The molecule has 0 aliphatic heterocycles. The van der Waals surface area contributed by atoms with Gasteiger partial charge < -0.3 is 10.4 Å². The lowest BCUT2D eigenvalue weighted by Crippen LogP contribution is -2.26. The minimum Gasteiger partial charge on any atom is -0.396 e. The number of nitrogens with one attached hydrogen (secondary N) is 1. The number of hydrogen-bond donors (Lipinski definition) is 2. The minimum absolute atomic E-state index is 0.121. The molecule has 2 N–H and O–H groups in total. The van der Waals surface area contributed by atoms with Gasteiger partial charge in [0, 0.05) is 36.1 Å². The molecular formula is C15H17FN2OS. The van der Waals surface area contributed by atoms with E-state index in [2.05, 4.69) is 10.3 Å². The zero-order valence-corrected chi connectivity index (χ0v) is 11.9. The highest BCUT2D eigenvalue weighted by molar-refractivity contribution is 7.13. The smallest absolute Gasteiger partial charge is 0.123 e. The van der Waals surface area contributed by atoms with Crippen LogP contribution in [0.25, 0.3) is 10.6 Å². The molecule has 1 heterocycles. The van der Waals surface area contributed by atoms with Gasteiger partial charge in [0.15, 0.2) is 0 Å². The number of rotatable bonds is 6. The molecule has 5 heteroatoms. The topological polar surface area (TPSA) is 45.1 Å². The Morgan fingerprint density at radius 1 is 1.30 bits per heavy atom. The molecule has 0 unspecified atom stereocenters. The maximum atomic E-state index is 12.9. The Bertz CT molecular complexity index is 578. The lowest BCUT2D eigenvalue weighted by atomic mass is 10.1. The maximum absolute atomic E-state index is 12.9. The fraction of sp³-hybridized carbons (Fsp3) is 0.400. The van der Waals surface area contributed by atoms with E-state index in [9.17, 15) is 9.50 Å². The molecule has 0 spiro atoms. The SMILES string of the molecule is OCC1(CNCc2csc(-c3ccc(F)cc3)n2)CC1. The monoisotopic (exact) mass is 292 g/mol. The first-order chi connectivity index (χ1) is 9.71. The second kappa shape index (κ2) is 5.60. The number of nitrogens with zero attached hydrogens (tertiary/aromatic N) is 1. The molecule has 0 radical (unpaired) electrons. The standard InChI is InChI=1S/C15H17FN2OS/c16-12-3-1-11(2-4-12)14-18-13(8-20-14)7-17-9-15(10-19)5-6-15/h1-4,8,17,19H,5-7,9-10H2. The molecule has 1 fully saturated rings. The van der Waals surface area contributed by atoms with E-state index < -0.39 is 0 Å². The van der Waals surface area contributed by atoms with E-state index in [4.69, 9.17) is 0 Å². The Morgan fingerprint density at radius 2 is 2.05 bits per heavy atom. The molecule has 3 nitrogen and oxygen atoms in total. The second-order valence-electron chi connectivity index (χ2n) is 5.41. The van der Waals surface area contributed by atoms with Gasteiger partial charge in [-0.2, -0.15) is 0 Å². The summed E-state index contributed by atoms with van der Waals surface area (Å²) in [5.41, 5.74) is 2.05. The zero-order chi connectivity index (χ0) is 14.0. The zero-order valence-electron chi connectivity index (χ0n) is 11.1. The first-order valence-corrected chi connectivity index (χ1v) is 7.61. The summed E-state index contributed by atoms with van der Waals surface area (Å²) in [6.07, 6.45) is 2.21. The Hall–Kier alpha value is -1.30. The predicted octanol–water partition coefficient (Wildman–Crippen LogP) is 2.81. The van der Waals surface area contributed by atoms with Crippen LogP contribution < -0.4 is 5.32 Å². The number of hydrogen-bond acceptors (Lipinski definition) is 4.